The molecule has 6 nitrogen and oxygen atoms in total. The van der Waals surface area contributed by atoms with Crippen LogP contribution in [0.5, 0.6) is 0 Å². The maximum atomic E-state index is 4.97. The first-order valence-corrected chi connectivity index (χ1v) is 10.9. The Kier molecular flexibility index (Phi) is 4.04. The van der Waals surface area contributed by atoms with Crippen molar-refractivity contribution in [3.05, 3.63) is 59.2 Å². The summed E-state index contributed by atoms with van der Waals surface area (Å²) < 4.78 is 0. The van der Waals surface area contributed by atoms with Gasteiger partial charge in [0.15, 0.2) is 0 Å². The van der Waals surface area contributed by atoms with Gasteiger partial charge in [0.2, 0.25) is 0 Å². The minimum atomic E-state index is 0.839. The highest BCUT2D eigenvalue weighted by Gasteiger charge is 2.17. The predicted molar refractivity (Wildman–Crippen MR) is 122 cm³/mol. The Morgan fingerprint density at radius 3 is 2.83 bits per heavy atom. The van der Waals surface area contributed by atoms with E-state index in [4.69, 9.17) is 4.98 Å². The van der Waals surface area contributed by atoms with Crippen molar-refractivity contribution in [2.24, 2.45) is 0 Å². The first kappa shape index (κ1) is 17.6. The second-order valence-corrected chi connectivity index (χ2v) is 8.85. The Hall–Kier alpha value is -3.29. The van der Waals surface area contributed by atoms with Crippen molar-refractivity contribution in [1.29, 1.82) is 0 Å². The quantitative estimate of drug-likeness (QED) is 0.393. The van der Waals surface area contributed by atoms with Gasteiger partial charge in [0, 0.05) is 28.5 Å². The molecule has 0 aromatic carbocycles. The fourth-order valence-corrected chi connectivity index (χ4v) is 4.94. The van der Waals surface area contributed by atoms with E-state index in [2.05, 4.69) is 68.8 Å². The van der Waals surface area contributed by atoms with Crippen LogP contribution in [0.2, 0.25) is 0 Å². The van der Waals surface area contributed by atoms with Crippen LogP contribution in [0.3, 0.4) is 0 Å². The molecule has 0 saturated heterocycles. The van der Waals surface area contributed by atoms with Gasteiger partial charge in [-0.3, -0.25) is 10.1 Å². The molecule has 0 aliphatic carbocycles. The van der Waals surface area contributed by atoms with Crippen molar-refractivity contribution < 1.29 is 0 Å². The number of thiophene rings is 1. The van der Waals surface area contributed by atoms with Crippen molar-refractivity contribution in [3.63, 3.8) is 0 Å². The number of aromatic nitrogens is 5. The molecule has 6 rings (SSSR count). The van der Waals surface area contributed by atoms with E-state index in [1.165, 1.54) is 15.3 Å². The Morgan fingerprint density at radius 1 is 1.03 bits per heavy atom. The van der Waals surface area contributed by atoms with Crippen molar-refractivity contribution in [2.45, 2.75) is 13.3 Å². The minimum absolute atomic E-state index is 0.839. The van der Waals surface area contributed by atoms with E-state index in [0.717, 1.165) is 64.2 Å². The zero-order valence-electron chi connectivity index (χ0n) is 16.5. The van der Waals surface area contributed by atoms with Crippen LogP contribution in [-0.4, -0.2) is 38.2 Å². The van der Waals surface area contributed by atoms with Crippen molar-refractivity contribution >= 4 is 38.8 Å². The molecule has 0 spiro atoms. The number of hydrogen-bond donors (Lipinski definition) is 3. The normalized spacial score (nSPS) is 14.5. The van der Waals surface area contributed by atoms with E-state index in [1.54, 1.807) is 11.3 Å². The van der Waals surface area contributed by atoms with Crippen LogP contribution < -0.4 is 5.32 Å². The van der Waals surface area contributed by atoms with Gasteiger partial charge in [-0.25, -0.2) is 4.98 Å². The molecule has 148 valence electrons. The number of hydrogen-bond acceptors (Lipinski definition) is 5. The monoisotopic (exact) mass is 412 g/mol. The second-order valence-electron chi connectivity index (χ2n) is 7.56. The number of rotatable bonds is 3. The Bertz CT molecular complexity index is 1420. The summed E-state index contributed by atoms with van der Waals surface area (Å²) in [4.78, 5) is 15.6. The van der Waals surface area contributed by atoms with Crippen molar-refractivity contribution in [2.75, 3.05) is 13.1 Å². The molecule has 7 heteroatoms. The van der Waals surface area contributed by atoms with Gasteiger partial charge in [0.05, 0.1) is 27.5 Å². The van der Waals surface area contributed by atoms with Gasteiger partial charge < -0.3 is 10.3 Å². The molecule has 5 aromatic rings. The van der Waals surface area contributed by atoms with Crippen LogP contribution in [0.25, 0.3) is 49.5 Å². The average molecular weight is 413 g/mol. The van der Waals surface area contributed by atoms with Gasteiger partial charge in [0.1, 0.15) is 11.2 Å². The number of aryl methyl sites for hydroxylation is 1. The van der Waals surface area contributed by atoms with Crippen LogP contribution in [0.15, 0.2) is 48.7 Å². The second kappa shape index (κ2) is 6.90. The SMILES string of the molecule is Cc1ccc(-c2nccc3[nH]c(-c4n[nH]c5ccc(C6=CCNCC6)nc45)cc23)s1. The van der Waals surface area contributed by atoms with E-state index in [1.807, 2.05) is 12.3 Å². The standard InChI is InChI=1S/C23H20N6S/c1-13-2-5-20(30-13)21-15-12-19(26-17(15)8-11-25-21)23-22-18(28-29-23)4-3-16(27-22)14-6-9-24-10-7-14/h2-6,8,11-12,24,26H,7,9-10H2,1H3,(H,28,29). The van der Waals surface area contributed by atoms with Gasteiger partial charge >= 0.3 is 0 Å². The number of aromatic amines is 2. The molecule has 30 heavy (non-hydrogen) atoms. The summed E-state index contributed by atoms with van der Waals surface area (Å²) in [5.74, 6) is 0. The topological polar surface area (TPSA) is 82.3 Å². The lowest BCUT2D eigenvalue weighted by molar-refractivity contribution is 0.737. The Morgan fingerprint density at radius 2 is 2.00 bits per heavy atom. The molecule has 0 bridgehead atoms. The Labute approximate surface area is 177 Å². The van der Waals surface area contributed by atoms with Gasteiger partial charge in [-0.1, -0.05) is 6.08 Å². The molecular weight excluding hydrogens is 392 g/mol. The van der Waals surface area contributed by atoms with Crippen LogP contribution in [-0.2, 0) is 0 Å². The summed E-state index contributed by atoms with van der Waals surface area (Å²) in [7, 11) is 0. The smallest absolute Gasteiger partial charge is 0.135 e. The van der Waals surface area contributed by atoms with E-state index >= 15 is 0 Å². The number of nitrogens with one attached hydrogen (secondary N) is 3. The molecule has 0 atom stereocenters. The third kappa shape index (κ3) is 2.86. The minimum Gasteiger partial charge on any atom is -0.353 e. The maximum Gasteiger partial charge on any atom is 0.135 e. The zero-order chi connectivity index (χ0) is 20.1. The molecule has 5 aromatic heterocycles. The van der Waals surface area contributed by atoms with Crippen LogP contribution in [0.4, 0.5) is 0 Å². The molecule has 0 fully saturated rings. The summed E-state index contributed by atoms with van der Waals surface area (Å²) in [5, 5.41) is 12.2. The lowest BCUT2D eigenvalue weighted by atomic mass is 10.0. The van der Waals surface area contributed by atoms with Crippen LogP contribution >= 0.6 is 11.3 Å². The molecule has 1 aliphatic rings. The highest BCUT2D eigenvalue weighted by Crippen LogP contribution is 2.35. The maximum absolute atomic E-state index is 4.97. The molecule has 0 unspecified atom stereocenters. The van der Waals surface area contributed by atoms with E-state index in [0.29, 0.717) is 0 Å². The average Bonchev–Trinajstić information content (AvgIpc) is 3.51. The first-order chi connectivity index (χ1) is 14.8. The molecule has 0 saturated carbocycles. The third-order valence-corrected chi connectivity index (χ3v) is 6.59. The van der Waals surface area contributed by atoms with Crippen LogP contribution in [0, 0.1) is 6.92 Å². The van der Waals surface area contributed by atoms with E-state index in [-0.39, 0.29) is 0 Å². The molecule has 3 N–H and O–H groups in total. The summed E-state index contributed by atoms with van der Waals surface area (Å²) >= 11 is 1.76. The summed E-state index contributed by atoms with van der Waals surface area (Å²) in [5.41, 5.74) is 7.98. The third-order valence-electron chi connectivity index (χ3n) is 5.58. The molecular formula is C23H20N6S. The van der Waals surface area contributed by atoms with E-state index in [9.17, 15) is 0 Å². The molecule has 6 heterocycles. The fraction of sp³-hybridized carbons (Fsp3) is 0.174. The predicted octanol–water partition coefficient (Wildman–Crippen LogP) is 4.91. The highest BCUT2D eigenvalue weighted by molar-refractivity contribution is 7.15. The van der Waals surface area contributed by atoms with Crippen molar-refractivity contribution in [3.8, 4) is 22.0 Å². The molecule has 1 aliphatic heterocycles. The van der Waals surface area contributed by atoms with Gasteiger partial charge in [-0.2, -0.15) is 5.10 Å². The lowest BCUT2D eigenvalue weighted by Crippen LogP contribution is -2.20. The van der Waals surface area contributed by atoms with Gasteiger partial charge in [-0.05, 0) is 61.9 Å². The Balaban J connectivity index is 1.49. The van der Waals surface area contributed by atoms with E-state index < -0.39 is 0 Å². The highest BCUT2D eigenvalue weighted by atomic mass is 32.1. The first-order valence-electron chi connectivity index (χ1n) is 10.1. The van der Waals surface area contributed by atoms with Crippen molar-refractivity contribution in [1.82, 2.24) is 30.5 Å². The summed E-state index contributed by atoms with van der Waals surface area (Å²) in [6.45, 7) is 4.00. The summed E-state index contributed by atoms with van der Waals surface area (Å²) in [6.07, 6.45) is 5.07. The van der Waals surface area contributed by atoms with Crippen LogP contribution in [0.1, 0.15) is 17.0 Å². The lowest BCUT2D eigenvalue weighted by Gasteiger charge is -2.13. The summed E-state index contributed by atoms with van der Waals surface area (Å²) in [6, 6.07) is 12.6. The van der Waals surface area contributed by atoms with Gasteiger partial charge in [-0.15, -0.1) is 11.3 Å². The number of pyridine rings is 2. The number of fused-ring (bicyclic) bond motifs is 2. The molecule has 0 radical (unpaired) electrons. The number of nitrogens with zero attached hydrogens (tertiary/aromatic N) is 3. The zero-order valence-corrected chi connectivity index (χ0v) is 17.3. The number of H-pyrrole nitrogens is 2. The van der Waals surface area contributed by atoms with Gasteiger partial charge in [0.25, 0.3) is 0 Å². The largest absolute Gasteiger partial charge is 0.353 e. The molecule has 0 amide bonds. The fourth-order valence-electron chi connectivity index (χ4n) is 4.06.